The molecule has 31 heavy (non-hydrogen) atoms. The highest BCUT2D eigenvalue weighted by Gasteiger charge is 2.21. The molecule has 168 valence electrons. The third kappa shape index (κ3) is 6.92. The number of aromatic nitrogens is 2. The van der Waals surface area contributed by atoms with Crippen LogP contribution in [-0.4, -0.2) is 55.8 Å². The molecule has 1 atom stereocenters. The van der Waals surface area contributed by atoms with E-state index in [2.05, 4.69) is 22.1 Å². The summed E-state index contributed by atoms with van der Waals surface area (Å²) in [6.07, 6.45) is 3.64. The molecule has 1 aromatic carbocycles. The summed E-state index contributed by atoms with van der Waals surface area (Å²) in [6, 6.07) is 10.2. The van der Waals surface area contributed by atoms with Crippen LogP contribution in [0.25, 0.3) is 0 Å². The number of nitrogens with zero attached hydrogens (tertiary/aromatic N) is 3. The van der Waals surface area contributed by atoms with Gasteiger partial charge in [-0.15, -0.1) is 0 Å². The highest BCUT2D eigenvalue weighted by molar-refractivity contribution is 7.98. The molecule has 0 spiro atoms. The van der Waals surface area contributed by atoms with Gasteiger partial charge in [-0.1, -0.05) is 23.9 Å². The second-order valence-corrected chi connectivity index (χ2v) is 8.65. The normalized spacial score (nSPS) is 16.4. The molecule has 0 saturated carbocycles. The van der Waals surface area contributed by atoms with E-state index in [1.165, 1.54) is 19.3 Å². The molecule has 2 aromatic rings. The summed E-state index contributed by atoms with van der Waals surface area (Å²) < 4.78 is 10.3. The van der Waals surface area contributed by atoms with Crippen LogP contribution in [0.15, 0.2) is 35.5 Å². The van der Waals surface area contributed by atoms with Crippen molar-refractivity contribution in [2.24, 2.45) is 0 Å². The number of rotatable bonds is 10. The summed E-state index contributed by atoms with van der Waals surface area (Å²) in [6.45, 7) is 4.73. The fourth-order valence-corrected chi connectivity index (χ4v) is 4.47. The van der Waals surface area contributed by atoms with Crippen molar-refractivity contribution < 1.29 is 14.3 Å². The van der Waals surface area contributed by atoms with Crippen LogP contribution in [0.3, 0.4) is 0 Å². The number of hydrogen-bond acceptors (Lipinski definition) is 7. The van der Waals surface area contributed by atoms with Crippen molar-refractivity contribution in [2.75, 3.05) is 38.8 Å². The zero-order valence-electron chi connectivity index (χ0n) is 18.6. The fraction of sp³-hybridized carbons (Fsp3) is 0.522. The van der Waals surface area contributed by atoms with Gasteiger partial charge in [0.15, 0.2) is 5.16 Å². The Labute approximate surface area is 188 Å². The van der Waals surface area contributed by atoms with Gasteiger partial charge < -0.3 is 19.7 Å². The number of ether oxygens (including phenoxy) is 2. The Morgan fingerprint density at radius 1 is 1.23 bits per heavy atom. The van der Waals surface area contributed by atoms with E-state index in [1.807, 2.05) is 30.3 Å². The van der Waals surface area contributed by atoms with Gasteiger partial charge in [0.05, 0.1) is 18.9 Å². The molecule has 0 unspecified atom stereocenters. The van der Waals surface area contributed by atoms with Gasteiger partial charge in [0.2, 0.25) is 0 Å². The Kier molecular flexibility index (Phi) is 9.12. The van der Waals surface area contributed by atoms with Gasteiger partial charge in [0, 0.05) is 50.7 Å². The Balaban J connectivity index is 1.70. The minimum absolute atomic E-state index is 0.0939. The number of anilines is 1. The predicted octanol–water partition coefficient (Wildman–Crippen LogP) is 3.67. The van der Waals surface area contributed by atoms with E-state index in [0.29, 0.717) is 37.1 Å². The number of hydrogen-bond donors (Lipinski definition) is 1. The quantitative estimate of drug-likeness (QED) is 0.340. The van der Waals surface area contributed by atoms with Crippen LogP contribution in [0.1, 0.15) is 47.8 Å². The second-order valence-electron chi connectivity index (χ2n) is 7.71. The number of nitrogens with one attached hydrogen (secondary N) is 1. The molecular weight excluding hydrogens is 412 g/mol. The molecule has 0 radical (unpaired) electrons. The average Bonchev–Trinajstić information content (AvgIpc) is 2.78. The minimum atomic E-state index is -0.0939. The van der Waals surface area contributed by atoms with Crippen LogP contribution >= 0.6 is 11.8 Å². The van der Waals surface area contributed by atoms with Crippen LogP contribution < -0.4 is 10.2 Å². The highest BCUT2D eigenvalue weighted by Crippen LogP contribution is 2.27. The van der Waals surface area contributed by atoms with Crippen molar-refractivity contribution in [3.8, 4) is 0 Å². The van der Waals surface area contributed by atoms with Crippen LogP contribution in [0, 0.1) is 0 Å². The van der Waals surface area contributed by atoms with E-state index in [1.54, 1.807) is 26.0 Å². The molecule has 1 aliphatic heterocycles. The molecule has 1 amide bonds. The Bertz CT molecular complexity index is 864. The third-order valence-corrected chi connectivity index (χ3v) is 6.20. The number of benzene rings is 1. The molecule has 8 heteroatoms. The van der Waals surface area contributed by atoms with Crippen LogP contribution in [0.4, 0.5) is 5.82 Å². The Morgan fingerprint density at radius 2 is 2.10 bits per heavy atom. The van der Waals surface area contributed by atoms with E-state index >= 15 is 0 Å². The first-order chi connectivity index (χ1) is 15.1. The average molecular weight is 445 g/mol. The van der Waals surface area contributed by atoms with E-state index < -0.39 is 0 Å². The lowest BCUT2D eigenvalue weighted by Crippen LogP contribution is -2.38. The topological polar surface area (TPSA) is 76.6 Å². The zero-order chi connectivity index (χ0) is 22.1. The third-order valence-electron chi connectivity index (χ3n) is 5.28. The second kappa shape index (κ2) is 12.0. The maximum atomic E-state index is 12.3. The lowest BCUT2D eigenvalue weighted by molar-refractivity contribution is 0.0937. The number of carbonyl (C=O) groups is 1. The molecule has 1 aromatic heterocycles. The fourth-order valence-electron chi connectivity index (χ4n) is 3.65. The Hall–Kier alpha value is -2.16. The van der Waals surface area contributed by atoms with E-state index in [4.69, 9.17) is 14.5 Å². The predicted molar refractivity (Wildman–Crippen MR) is 124 cm³/mol. The summed E-state index contributed by atoms with van der Waals surface area (Å²) in [5.41, 5.74) is 2.59. The van der Waals surface area contributed by atoms with E-state index in [9.17, 15) is 4.79 Å². The van der Waals surface area contributed by atoms with Crippen molar-refractivity contribution in [1.29, 1.82) is 0 Å². The van der Waals surface area contributed by atoms with E-state index in [-0.39, 0.29) is 5.91 Å². The molecule has 1 fully saturated rings. The molecule has 2 heterocycles. The number of thioether (sulfide) groups is 1. The first-order valence-corrected chi connectivity index (χ1v) is 11.7. The largest absolute Gasteiger partial charge is 0.383 e. The lowest BCUT2D eigenvalue weighted by Gasteiger charge is -2.34. The number of piperidine rings is 1. The number of carbonyl (C=O) groups excluding carboxylic acids is 1. The molecule has 3 rings (SSSR count). The minimum Gasteiger partial charge on any atom is -0.383 e. The summed E-state index contributed by atoms with van der Waals surface area (Å²) >= 11 is 1.58. The molecule has 0 aliphatic carbocycles. The van der Waals surface area contributed by atoms with Crippen molar-refractivity contribution >= 4 is 23.5 Å². The Morgan fingerprint density at radius 3 is 2.87 bits per heavy atom. The SMILES string of the molecule is COCCNC(=O)c1cccc(CSc2nc(COC)cc(N3CCCC[C@H]3C)n2)c1. The molecule has 7 nitrogen and oxygen atoms in total. The monoisotopic (exact) mass is 444 g/mol. The molecular formula is C23H32N4O3S. The lowest BCUT2D eigenvalue weighted by atomic mass is 10.0. The first-order valence-electron chi connectivity index (χ1n) is 10.7. The van der Waals surface area contributed by atoms with Gasteiger partial charge in [0.25, 0.3) is 5.91 Å². The van der Waals surface area contributed by atoms with Crippen LogP contribution in [0.5, 0.6) is 0 Å². The van der Waals surface area contributed by atoms with Crippen LogP contribution in [0.2, 0.25) is 0 Å². The van der Waals surface area contributed by atoms with Crippen molar-refractivity contribution in [3.63, 3.8) is 0 Å². The van der Waals surface area contributed by atoms with Crippen molar-refractivity contribution in [1.82, 2.24) is 15.3 Å². The maximum absolute atomic E-state index is 12.3. The number of amides is 1. The summed E-state index contributed by atoms with van der Waals surface area (Å²) in [7, 11) is 3.30. The highest BCUT2D eigenvalue weighted by atomic mass is 32.2. The standard InChI is InChI=1S/C23H32N4O3S/c1-17-7-4-5-11-27(17)21-14-20(15-30-3)25-23(26-21)31-16-18-8-6-9-19(13-18)22(28)24-10-12-29-2/h6,8-9,13-14,17H,4-5,7,10-12,15-16H2,1-3H3,(H,24,28)/t17-/m1/s1. The molecule has 0 bridgehead atoms. The van der Waals surface area contributed by atoms with Gasteiger partial charge in [-0.2, -0.15) is 0 Å². The van der Waals surface area contributed by atoms with Gasteiger partial charge >= 0.3 is 0 Å². The van der Waals surface area contributed by atoms with E-state index in [0.717, 1.165) is 28.8 Å². The molecule has 1 N–H and O–H groups in total. The first kappa shape index (κ1) is 23.5. The zero-order valence-corrected chi connectivity index (χ0v) is 19.4. The van der Waals surface area contributed by atoms with Gasteiger partial charge in [-0.3, -0.25) is 4.79 Å². The van der Waals surface area contributed by atoms with Gasteiger partial charge in [-0.05, 0) is 43.9 Å². The van der Waals surface area contributed by atoms with Crippen LogP contribution in [-0.2, 0) is 21.8 Å². The summed E-state index contributed by atoms with van der Waals surface area (Å²) in [4.78, 5) is 24.2. The number of methoxy groups -OCH3 is 2. The summed E-state index contributed by atoms with van der Waals surface area (Å²) in [5.74, 6) is 1.57. The summed E-state index contributed by atoms with van der Waals surface area (Å²) in [5, 5.41) is 3.59. The van der Waals surface area contributed by atoms with Crippen molar-refractivity contribution in [3.05, 3.63) is 47.2 Å². The van der Waals surface area contributed by atoms with Gasteiger partial charge in [0.1, 0.15) is 5.82 Å². The smallest absolute Gasteiger partial charge is 0.251 e. The maximum Gasteiger partial charge on any atom is 0.251 e. The molecule has 1 saturated heterocycles. The van der Waals surface area contributed by atoms with Crippen molar-refractivity contribution in [2.45, 2.75) is 49.7 Å². The molecule has 1 aliphatic rings. The van der Waals surface area contributed by atoms with Gasteiger partial charge in [-0.25, -0.2) is 9.97 Å².